The molecule has 6 nitrogen and oxygen atoms in total. The highest BCUT2D eigenvalue weighted by Crippen LogP contribution is 2.21. The largest absolute Gasteiger partial charge is 0.464 e. The quantitative estimate of drug-likeness (QED) is 0.788. The van der Waals surface area contributed by atoms with Crippen LogP contribution < -0.4 is 5.73 Å². The van der Waals surface area contributed by atoms with Crippen molar-refractivity contribution in [3.63, 3.8) is 0 Å². The average Bonchev–Trinajstić information content (AvgIpc) is 2.71. The van der Waals surface area contributed by atoms with Gasteiger partial charge in [0, 0.05) is 13.0 Å². The van der Waals surface area contributed by atoms with Gasteiger partial charge in [0.15, 0.2) is 5.69 Å². The van der Waals surface area contributed by atoms with Crippen molar-refractivity contribution in [1.29, 1.82) is 0 Å². The number of aryl methyl sites for hydroxylation is 1. The van der Waals surface area contributed by atoms with Gasteiger partial charge >= 0.3 is 5.97 Å². The summed E-state index contributed by atoms with van der Waals surface area (Å²) < 4.78 is 6.47. The van der Waals surface area contributed by atoms with Gasteiger partial charge in [-0.2, -0.15) is 0 Å². The van der Waals surface area contributed by atoms with Crippen molar-refractivity contribution in [1.82, 2.24) is 15.0 Å². The summed E-state index contributed by atoms with van der Waals surface area (Å²) in [7, 11) is 1.34. The molecule has 2 N–H and O–H groups in total. The van der Waals surface area contributed by atoms with Crippen LogP contribution in [0.5, 0.6) is 0 Å². The number of esters is 1. The molecule has 0 unspecified atom stereocenters. The van der Waals surface area contributed by atoms with Gasteiger partial charge in [0.05, 0.1) is 12.8 Å². The van der Waals surface area contributed by atoms with Crippen molar-refractivity contribution >= 4 is 5.97 Å². The first kappa shape index (κ1) is 15.6. The Bertz CT molecular complexity index is 421. The van der Waals surface area contributed by atoms with Crippen molar-refractivity contribution in [2.45, 2.75) is 46.6 Å². The van der Waals surface area contributed by atoms with E-state index in [-0.39, 0.29) is 5.69 Å². The van der Waals surface area contributed by atoms with Gasteiger partial charge in [-0.05, 0) is 24.8 Å². The van der Waals surface area contributed by atoms with Crippen LogP contribution in [0.25, 0.3) is 0 Å². The van der Waals surface area contributed by atoms with E-state index < -0.39 is 5.97 Å². The first-order valence-electron chi connectivity index (χ1n) is 6.60. The molecule has 0 fully saturated rings. The molecule has 0 saturated heterocycles. The van der Waals surface area contributed by atoms with E-state index in [0.717, 1.165) is 25.1 Å². The monoisotopic (exact) mass is 268 g/mol. The van der Waals surface area contributed by atoms with Gasteiger partial charge in [-0.3, -0.25) is 0 Å². The molecule has 0 bridgehead atoms. The zero-order valence-corrected chi connectivity index (χ0v) is 12.3. The summed E-state index contributed by atoms with van der Waals surface area (Å²) in [5, 5.41) is 7.94. The van der Waals surface area contributed by atoms with E-state index in [1.165, 1.54) is 7.11 Å². The second-order valence-corrected chi connectivity index (χ2v) is 5.80. The predicted octanol–water partition coefficient (Wildman–Crippen LogP) is 1.39. The van der Waals surface area contributed by atoms with E-state index in [4.69, 9.17) is 10.5 Å². The highest BCUT2D eigenvalue weighted by molar-refractivity contribution is 5.88. The third-order valence-electron chi connectivity index (χ3n) is 2.89. The summed E-state index contributed by atoms with van der Waals surface area (Å²) in [4.78, 5) is 11.6. The van der Waals surface area contributed by atoms with Gasteiger partial charge in [0.1, 0.15) is 0 Å². The molecule has 0 aliphatic rings. The van der Waals surface area contributed by atoms with E-state index in [0.29, 0.717) is 18.4 Å². The molecular weight excluding hydrogens is 244 g/mol. The summed E-state index contributed by atoms with van der Waals surface area (Å²) in [5.41, 5.74) is 6.92. The van der Waals surface area contributed by atoms with Crippen LogP contribution in [0.2, 0.25) is 0 Å². The fourth-order valence-corrected chi connectivity index (χ4v) is 1.91. The van der Waals surface area contributed by atoms with Crippen LogP contribution in [0.4, 0.5) is 0 Å². The maximum Gasteiger partial charge on any atom is 0.360 e. The Morgan fingerprint density at radius 1 is 1.42 bits per heavy atom. The Morgan fingerprint density at radius 3 is 2.63 bits per heavy atom. The summed E-state index contributed by atoms with van der Waals surface area (Å²) >= 11 is 0. The fourth-order valence-electron chi connectivity index (χ4n) is 1.91. The summed E-state index contributed by atoms with van der Waals surface area (Å²) in [5.74, 6) is -0.453. The Kier molecular flexibility index (Phi) is 5.47. The standard InChI is InChI=1S/C13H24N4O2/c1-13(2,3)7-5-9-17-10(6-8-14)11(15-16-17)12(18)19-4/h5-9,14H2,1-4H3. The van der Waals surface area contributed by atoms with Gasteiger partial charge in [0.2, 0.25) is 0 Å². The zero-order valence-electron chi connectivity index (χ0n) is 12.3. The van der Waals surface area contributed by atoms with Gasteiger partial charge in [-0.1, -0.05) is 26.0 Å². The van der Waals surface area contributed by atoms with Crippen LogP contribution in [-0.2, 0) is 17.7 Å². The van der Waals surface area contributed by atoms with Crippen LogP contribution in [-0.4, -0.2) is 34.6 Å². The minimum atomic E-state index is -0.453. The Labute approximate surface area is 114 Å². The molecule has 0 aliphatic carbocycles. The number of carbonyl (C=O) groups excluding carboxylic acids is 1. The number of aromatic nitrogens is 3. The summed E-state index contributed by atoms with van der Waals surface area (Å²) in [6.07, 6.45) is 2.65. The number of hydrogen-bond acceptors (Lipinski definition) is 5. The van der Waals surface area contributed by atoms with Crippen molar-refractivity contribution in [3.8, 4) is 0 Å². The highest BCUT2D eigenvalue weighted by Gasteiger charge is 2.20. The molecule has 19 heavy (non-hydrogen) atoms. The SMILES string of the molecule is COC(=O)c1nnn(CCCC(C)(C)C)c1CCN. The van der Waals surface area contributed by atoms with E-state index in [2.05, 4.69) is 31.1 Å². The van der Waals surface area contributed by atoms with Gasteiger partial charge < -0.3 is 10.5 Å². The molecule has 0 radical (unpaired) electrons. The number of nitrogens with two attached hydrogens (primary N) is 1. The molecule has 1 aromatic heterocycles. The number of rotatable bonds is 6. The molecule has 0 saturated carbocycles. The normalized spacial score (nSPS) is 11.6. The second kappa shape index (κ2) is 6.65. The minimum absolute atomic E-state index is 0.281. The number of methoxy groups -OCH3 is 1. The molecule has 0 amide bonds. The zero-order chi connectivity index (χ0) is 14.5. The molecule has 1 aromatic rings. The number of carbonyl (C=O) groups is 1. The Hall–Kier alpha value is -1.43. The molecule has 1 heterocycles. The van der Waals surface area contributed by atoms with Crippen LogP contribution >= 0.6 is 0 Å². The van der Waals surface area contributed by atoms with E-state index in [1.54, 1.807) is 4.68 Å². The maximum absolute atomic E-state index is 11.6. The molecule has 1 rings (SSSR count). The lowest BCUT2D eigenvalue weighted by atomic mass is 9.91. The average molecular weight is 268 g/mol. The number of hydrogen-bond donors (Lipinski definition) is 1. The first-order valence-corrected chi connectivity index (χ1v) is 6.60. The highest BCUT2D eigenvalue weighted by atomic mass is 16.5. The van der Waals surface area contributed by atoms with Crippen molar-refractivity contribution in [2.75, 3.05) is 13.7 Å². The fraction of sp³-hybridized carbons (Fsp3) is 0.769. The Balaban J connectivity index is 2.77. The smallest absolute Gasteiger partial charge is 0.360 e. The van der Waals surface area contributed by atoms with E-state index in [9.17, 15) is 4.79 Å². The molecule has 0 atom stereocenters. The third-order valence-corrected chi connectivity index (χ3v) is 2.89. The maximum atomic E-state index is 11.6. The molecule has 6 heteroatoms. The molecule has 108 valence electrons. The lowest BCUT2D eigenvalue weighted by molar-refractivity contribution is 0.0592. The van der Waals surface area contributed by atoms with Crippen molar-refractivity contribution < 1.29 is 9.53 Å². The minimum Gasteiger partial charge on any atom is -0.464 e. The number of ether oxygens (including phenoxy) is 1. The Morgan fingerprint density at radius 2 is 2.11 bits per heavy atom. The van der Waals surface area contributed by atoms with Crippen molar-refractivity contribution in [3.05, 3.63) is 11.4 Å². The van der Waals surface area contributed by atoms with Crippen molar-refractivity contribution in [2.24, 2.45) is 11.1 Å². The molecule has 0 aliphatic heterocycles. The molecular formula is C13H24N4O2. The number of nitrogens with zero attached hydrogens (tertiary/aromatic N) is 3. The van der Waals surface area contributed by atoms with Gasteiger partial charge in [-0.15, -0.1) is 5.10 Å². The van der Waals surface area contributed by atoms with Crippen LogP contribution in [0.15, 0.2) is 0 Å². The molecule has 0 spiro atoms. The van der Waals surface area contributed by atoms with E-state index in [1.807, 2.05) is 0 Å². The lowest BCUT2D eigenvalue weighted by Crippen LogP contribution is -2.15. The molecule has 0 aromatic carbocycles. The van der Waals surface area contributed by atoms with Gasteiger partial charge in [0.25, 0.3) is 0 Å². The second-order valence-electron chi connectivity index (χ2n) is 5.80. The topological polar surface area (TPSA) is 83.0 Å². The summed E-state index contributed by atoms with van der Waals surface area (Å²) in [6.45, 7) is 7.81. The predicted molar refractivity (Wildman–Crippen MR) is 72.8 cm³/mol. The lowest BCUT2D eigenvalue weighted by Gasteiger charge is -2.17. The first-order chi connectivity index (χ1) is 8.89. The summed E-state index contributed by atoms with van der Waals surface area (Å²) in [6, 6.07) is 0. The van der Waals surface area contributed by atoms with Crippen LogP contribution in [0, 0.1) is 5.41 Å². The van der Waals surface area contributed by atoms with Crippen LogP contribution in [0.1, 0.15) is 49.8 Å². The van der Waals surface area contributed by atoms with Crippen LogP contribution in [0.3, 0.4) is 0 Å². The third kappa shape index (κ3) is 4.63. The van der Waals surface area contributed by atoms with Gasteiger partial charge in [-0.25, -0.2) is 9.48 Å². The van der Waals surface area contributed by atoms with E-state index >= 15 is 0 Å².